The molecule has 4 aromatic rings. The van der Waals surface area contributed by atoms with Gasteiger partial charge >= 0.3 is 6.18 Å². The van der Waals surface area contributed by atoms with Crippen LogP contribution in [0.5, 0.6) is 0 Å². The summed E-state index contributed by atoms with van der Waals surface area (Å²) in [6.45, 7) is 8.90. The van der Waals surface area contributed by atoms with Crippen LogP contribution in [0.2, 0.25) is 23.2 Å². The molecule has 1 saturated heterocycles. The van der Waals surface area contributed by atoms with Gasteiger partial charge in [-0.3, -0.25) is 9.78 Å². The molecule has 260 valence electrons. The second-order valence-electron chi connectivity index (χ2n) is 13.8. The lowest BCUT2D eigenvalue weighted by Crippen LogP contribution is -2.49. The number of pyridine rings is 1. The number of amides is 1. The zero-order valence-corrected chi connectivity index (χ0v) is 29.1. The molecule has 1 amide bonds. The number of nitrogens with zero attached hydrogens (tertiary/aromatic N) is 7. The van der Waals surface area contributed by atoms with Crippen molar-refractivity contribution in [3.05, 3.63) is 76.7 Å². The van der Waals surface area contributed by atoms with Gasteiger partial charge in [-0.1, -0.05) is 32.4 Å². The molecule has 3 aromatic heterocycles. The van der Waals surface area contributed by atoms with Crippen molar-refractivity contribution in [2.75, 3.05) is 0 Å². The highest BCUT2D eigenvalue weighted by Gasteiger charge is 2.48. The highest BCUT2D eigenvalue weighted by molar-refractivity contribution is 6.74. The molecule has 2 aliphatic heterocycles. The zero-order valence-electron chi connectivity index (χ0n) is 27.3. The van der Waals surface area contributed by atoms with Gasteiger partial charge in [0.05, 0.1) is 34.3 Å². The molecule has 1 unspecified atom stereocenters. The van der Waals surface area contributed by atoms with Gasteiger partial charge in [0.25, 0.3) is 0 Å². The number of benzene rings is 1. The van der Waals surface area contributed by atoms with Gasteiger partial charge in [-0.2, -0.15) is 17.9 Å². The molecule has 0 bridgehead atoms. The molecule has 10 nitrogen and oxygen atoms in total. The van der Waals surface area contributed by atoms with Crippen LogP contribution in [0.1, 0.15) is 63.2 Å². The summed E-state index contributed by atoms with van der Waals surface area (Å²) in [6, 6.07) is 3.53. The third-order valence-corrected chi connectivity index (χ3v) is 14.4. The quantitative estimate of drug-likeness (QED) is 0.149. The Morgan fingerprint density at radius 3 is 2.53 bits per heavy atom. The Hall–Kier alpha value is -4.02. The van der Waals surface area contributed by atoms with Crippen molar-refractivity contribution in [1.82, 2.24) is 40.1 Å². The number of hydrogen-bond acceptors (Lipinski definition) is 7. The van der Waals surface area contributed by atoms with Crippen molar-refractivity contribution in [2.24, 2.45) is 0 Å². The molecule has 1 N–H and O–H groups in total. The van der Waals surface area contributed by atoms with Crippen molar-refractivity contribution in [2.45, 2.75) is 89.0 Å². The van der Waals surface area contributed by atoms with E-state index in [1.54, 1.807) is 24.1 Å². The first kappa shape index (κ1) is 34.8. The normalized spacial score (nSPS) is 19.3. The van der Waals surface area contributed by atoms with Crippen molar-refractivity contribution in [1.29, 1.82) is 0 Å². The first-order valence-corrected chi connectivity index (χ1v) is 18.9. The van der Waals surface area contributed by atoms with E-state index < -0.39 is 49.7 Å². The molecule has 0 spiro atoms. The average molecular weight is 721 g/mol. The van der Waals surface area contributed by atoms with Crippen LogP contribution in [-0.4, -0.2) is 72.6 Å². The standard InChI is InChI=1S/C32H34ClF5N8O2Si/c1-31(2,3)49(4,5)48-25(32(36,37)38)14-21-28(34)19(10-11-39-21)22-15-40-30(42-22)24-8-6-18-12-17(13-26(47)46(18)24)27-23(45-16-41-43-44-45)9-7-20(33)29(27)35/h7,9-11,13,15-16,18,24-25H,6,8,12,14H2,1-5H3,(H,40,42)/t18-,24+,25?/m1/s1. The zero-order chi connectivity index (χ0) is 35.5. The van der Waals surface area contributed by atoms with Gasteiger partial charge in [0.15, 0.2) is 20.0 Å². The summed E-state index contributed by atoms with van der Waals surface area (Å²) in [6.07, 6.45) is -1.03. The second kappa shape index (κ2) is 12.7. The maximum absolute atomic E-state index is 15.8. The summed E-state index contributed by atoms with van der Waals surface area (Å²) >= 11 is 6.12. The Kier molecular flexibility index (Phi) is 9.03. The number of carbonyl (C=O) groups is 1. The fraction of sp³-hybridized carbons (Fsp3) is 0.438. The number of hydrogen-bond donors (Lipinski definition) is 1. The minimum absolute atomic E-state index is 0.00902. The van der Waals surface area contributed by atoms with E-state index in [0.29, 0.717) is 36.3 Å². The van der Waals surface area contributed by atoms with Crippen molar-refractivity contribution >= 4 is 31.4 Å². The molecule has 1 fully saturated rings. The number of halogens is 6. The van der Waals surface area contributed by atoms with Crippen LogP contribution in [0.15, 0.2) is 43.0 Å². The van der Waals surface area contributed by atoms with Crippen molar-refractivity contribution in [3.63, 3.8) is 0 Å². The third kappa shape index (κ3) is 6.65. The van der Waals surface area contributed by atoms with E-state index in [1.807, 2.05) is 20.8 Å². The van der Waals surface area contributed by atoms with Gasteiger partial charge in [-0.15, -0.1) is 5.10 Å². The Morgan fingerprint density at radius 1 is 1.10 bits per heavy atom. The minimum atomic E-state index is -4.73. The van der Waals surface area contributed by atoms with Gasteiger partial charge in [0.1, 0.15) is 18.3 Å². The lowest BCUT2D eigenvalue weighted by atomic mass is 9.92. The van der Waals surface area contributed by atoms with E-state index in [9.17, 15) is 18.0 Å². The van der Waals surface area contributed by atoms with E-state index in [1.165, 1.54) is 41.6 Å². The number of carbonyl (C=O) groups excluding carboxylic acids is 1. The molecule has 0 aliphatic carbocycles. The molecular formula is C32H34ClF5N8O2Si. The first-order chi connectivity index (χ1) is 23.0. The largest absolute Gasteiger partial charge is 0.413 e. The Morgan fingerprint density at radius 2 is 1.86 bits per heavy atom. The maximum atomic E-state index is 15.8. The average Bonchev–Trinajstić information content (AvgIpc) is 3.79. The lowest BCUT2D eigenvalue weighted by molar-refractivity contribution is -0.198. The van der Waals surface area contributed by atoms with Crippen LogP contribution in [-0.2, 0) is 15.6 Å². The highest BCUT2D eigenvalue weighted by atomic mass is 35.5. The van der Waals surface area contributed by atoms with Crippen LogP contribution in [0.4, 0.5) is 22.0 Å². The summed E-state index contributed by atoms with van der Waals surface area (Å²) in [7, 11) is -2.86. The topological polar surface area (TPSA) is 115 Å². The summed E-state index contributed by atoms with van der Waals surface area (Å²) < 4.78 is 80.6. The second-order valence-corrected chi connectivity index (χ2v) is 19.0. The number of tetrazole rings is 1. The molecule has 1 aromatic carbocycles. The number of H-pyrrole nitrogens is 1. The number of rotatable bonds is 8. The fourth-order valence-electron chi connectivity index (χ4n) is 6.12. The monoisotopic (exact) mass is 720 g/mol. The minimum Gasteiger partial charge on any atom is -0.405 e. The Labute approximate surface area is 284 Å². The Balaban J connectivity index is 1.25. The van der Waals surface area contributed by atoms with Gasteiger partial charge in [-0.25, -0.2) is 13.8 Å². The number of nitrogens with one attached hydrogen (secondary N) is 1. The summed E-state index contributed by atoms with van der Waals surface area (Å²) in [5, 5.41) is 10.5. The van der Waals surface area contributed by atoms with E-state index in [-0.39, 0.29) is 39.5 Å². The third-order valence-electron chi connectivity index (χ3n) is 9.65. The Bertz CT molecular complexity index is 1910. The van der Waals surface area contributed by atoms with Crippen molar-refractivity contribution < 1.29 is 31.2 Å². The van der Waals surface area contributed by atoms with E-state index in [0.717, 1.165) is 0 Å². The molecular weight excluding hydrogens is 687 g/mol. The van der Waals surface area contributed by atoms with Crippen LogP contribution in [0.3, 0.4) is 0 Å². The van der Waals surface area contributed by atoms with Gasteiger partial charge in [-0.05, 0) is 71.6 Å². The van der Waals surface area contributed by atoms with Crippen LogP contribution in [0, 0.1) is 11.6 Å². The predicted molar refractivity (Wildman–Crippen MR) is 173 cm³/mol. The molecule has 2 aliphatic rings. The number of imidazole rings is 1. The van der Waals surface area contributed by atoms with Gasteiger partial charge in [0, 0.05) is 35.9 Å². The number of alkyl halides is 3. The molecule has 5 heterocycles. The molecule has 17 heteroatoms. The number of aromatic nitrogens is 7. The van der Waals surface area contributed by atoms with Gasteiger partial charge < -0.3 is 14.3 Å². The highest BCUT2D eigenvalue weighted by Crippen LogP contribution is 2.45. The van der Waals surface area contributed by atoms with E-state index >= 15 is 8.78 Å². The smallest absolute Gasteiger partial charge is 0.405 e. The summed E-state index contributed by atoms with van der Waals surface area (Å²) in [5.74, 6) is -1.60. The predicted octanol–water partition coefficient (Wildman–Crippen LogP) is 7.39. The van der Waals surface area contributed by atoms with Crippen LogP contribution < -0.4 is 0 Å². The fourth-order valence-corrected chi connectivity index (χ4v) is 7.56. The van der Waals surface area contributed by atoms with Crippen molar-refractivity contribution in [3.8, 4) is 16.9 Å². The SMILES string of the molecule is CC(C)(C)[Si](C)(C)OC(Cc1nccc(-c2cnc([C@@H]3CC[C@@H]4CC(c5c(-n6cnnn6)ccc(Cl)c5F)=CC(=O)N43)[nH]2)c1F)C(F)(F)F. The molecule has 0 saturated carbocycles. The molecule has 49 heavy (non-hydrogen) atoms. The lowest BCUT2D eigenvalue weighted by Gasteiger charge is -2.39. The molecule has 3 atom stereocenters. The number of fused-ring (bicyclic) bond motifs is 1. The van der Waals surface area contributed by atoms with Crippen LogP contribution in [0.25, 0.3) is 22.5 Å². The van der Waals surface area contributed by atoms with Crippen LogP contribution >= 0.6 is 11.6 Å². The van der Waals surface area contributed by atoms with Gasteiger partial charge in [0.2, 0.25) is 5.91 Å². The molecule has 0 radical (unpaired) electrons. The first-order valence-electron chi connectivity index (χ1n) is 15.6. The maximum Gasteiger partial charge on any atom is 0.413 e. The van der Waals surface area contributed by atoms with E-state index in [2.05, 4.69) is 30.5 Å². The summed E-state index contributed by atoms with van der Waals surface area (Å²) in [5.41, 5.74) is 0.735. The summed E-state index contributed by atoms with van der Waals surface area (Å²) in [4.78, 5) is 26.7. The number of aromatic amines is 1. The molecule has 6 rings (SSSR count). The van der Waals surface area contributed by atoms with E-state index in [4.69, 9.17) is 16.0 Å².